The molecule has 0 unspecified atom stereocenters. The van der Waals surface area contributed by atoms with E-state index in [-0.39, 0.29) is 0 Å². The predicted octanol–water partition coefficient (Wildman–Crippen LogP) is 2.57. The van der Waals surface area contributed by atoms with Gasteiger partial charge in [0.05, 0.1) is 29.6 Å². The van der Waals surface area contributed by atoms with Crippen LogP contribution in [0.2, 0.25) is 0 Å². The van der Waals surface area contributed by atoms with Crippen LogP contribution in [0.25, 0.3) is 16.2 Å². The van der Waals surface area contributed by atoms with Crippen LogP contribution in [0.3, 0.4) is 0 Å². The number of pyridine rings is 2. The maximum atomic E-state index is 8.76. The van der Waals surface area contributed by atoms with Crippen molar-refractivity contribution >= 4 is 5.69 Å². The first-order valence-corrected chi connectivity index (χ1v) is 4.53. The summed E-state index contributed by atoms with van der Waals surface area (Å²) >= 11 is 0. The first-order chi connectivity index (χ1) is 7.83. The minimum absolute atomic E-state index is 0.508. The number of rotatable bonds is 1. The third kappa shape index (κ3) is 1.87. The Morgan fingerprint density at radius 3 is 2.50 bits per heavy atom. The van der Waals surface area contributed by atoms with Crippen LogP contribution in [0.4, 0.5) is 5.69 Å². The van der Waals surface area contributed by atoms with Gasteiger partial charge in [-0.2, -0.15) is 5.26 Å². The van der Waals surface area contributed by atoms with Crippen LogP contribution in [0.5, 0.6) is 0 Å². The molecule has 2 aromatic heterocycles. The van der Waals surface area contributed by atoms with Crippen LogP contribution in [-0.4, -0.2) is 9.97 Å². The van der Waals surface area contributed by atoms with E-state index in [1.165, 1.54) is 0 Å². The fourth-order valence-corrected chi connectivity index (χ4v) is 1.27. The molecule has 0 aliphatic carbocycles. The SMILES string of the molecule is [C-]#[N+]c1ccnc(-c2cc(C#N)ccn2)c1. The number of aromatic nitrogens is 2. The van der Waals surface area contributed by atoms with Crippen molar-refractivity contribution in [2.75, 3.05) is 0 Å². The summed E-state index contributed by atoms with van der Waals surface area (Å²) in [6.45, 7) is 6.91. The highest BCUT2D eigenvalue weighted by molar-refractivity contribution is 5.62. The van der Waals surface area contributed by atoms with E-state index in [1.54, 1.807) is 36.7 Å². The van der Waals surface area contributed by atoms with Crippen molar-refractivity contribution in [2.45, 2.75) is 0 Å². The van der Waals surface area contributed by atoms with Gasteiger partial charge in [-0.3, -0.25) is 9.97 Å². The molecule has 16 heavy (non-hydrogen) atoms. The molecule has 2 rings (SSSR count). The van der Waals surface area contributed by atoms with E-state index in [0.29, 0.717) is 22.6 Å². The molecular weight excluding hydrogens is 200 g/mol. The monoisotopic (exact) mass is 206 g/mol. The van der Waals surface area contributed by atoms with Crippen LogP contribution in [0, 0.1) is 17.9 Å². The van der Waals surface area contributed by atoms with Crippen molar-refractivity contribution in [3.05, 3.63) is 53.6 Å². The summed E-state index contributed by atoms with van der Waals surface area (Å²) < 4.78 is 0. The minimum atomic E-state index is 0.508. The molecule has 0 saturated heterocycles. The van der Waals surface area contributed by atoms with Gasteiger partial charge in [-0.25, -0.2) is 4.85 Å². The number of hydrogen-bond acceptors (Lipinski definition) is 3. The van der Waals surface area contributed by atoms with Crippen molar-refractivity contribution in [3.63, 3.8) is 0 Å². The van der Waals surface area contributed by atoms with Gasteiger partial charge < -0.3 is 0 Å². The fraction of sp³-hybridized carbons (Fsp3) is 0. The van der Waals surface area contributed by atoms with Crippen LogP contribution in [-0.2, 0) is 0 Å². The van der Waals surface area contributed by atoms with Gasteiger partial charge >= 0.3 is 0 Å². The molecule has 0 radical (unpaired) electrons. The molecule has 4 nitrogen and oxygen atoms in total. The summed E-state index contributed by atoms with van der Waals surface area (Å²) in [6, 6.07) is 8.59. The summed E-state index contributed by atoms with van der Waals surface area (Å²) in [5, 5.41) is 8.76. The summed E-state index contributed by atoms with van der Waals surface area (Å²) in [4.78, 5) is 11.6. The quantitative estimate of drug-likeness (QED) is 0.674. The molecule has 2 heterocycles. The van der Waals surface area contributed by atoms with Crippen LogP contribution in [0.1, 0.15) is 5.56 Å². The summed E-state index contributed by atoms with van der Waals surface area (Å²) in [6.07, 6.45) is 3.11. The lowest BCUT2D eigenvalue weighted by atomic mass is 10.2. The lowest BCUT2D eigenvalue weighted by Crippen LogP contribution is -1.87. The summed E-state index contributed by atoms with van der Waals surface area (Å²) in [5.74, 6) is 0. The largest absolute Gasteiger partial charge is 0.257 e. The van der Waals surface area contributed by atoms with Gasteiger partial charge in [0.15, 0.2) is 5.69 Å². The third-order valence-corrected chi connectivity index (χ3v) is 2.02. The molecule has 4 heteroatoms. The molecule has 0 N–H and O–H groups in total. The van der Waals surface area contributed by atoms with E-state index < -0.39 is 0 Å². The Morgan fingerprint density at radius 2 is 1.81 bits per heavy atom. The van der Waals surface area contributed by atoms with E-state index in [4.69, 9.17) is 11.8 Å². The number of nitrogens with zero attached hydrogens (tertiary/aromatic N) is 4. The fourth-order valence-electron chi connectivity index (χ4n) is 1.27. The Labute approximate surface area is 92.7 Å². The zero-order valence-electron chi connectivity index (χ0n) is 8.25. The first kappa shape index (κ1) is 9.82. The number of nitriles is 1. The minimum Gasteiger partial charge on any atom is -0.257 e. The molecular formula is C12H6N4. The lowest BCUT2D eigenvalue weighted by Gasteiger charge is -2.00. The molecule has 0 aromatic carbocycles. The van der Waals surface area contributed by atoms with Gasteiger partial charge in [0.1, 0.15) is 0 Å². The standard InChI is InChI=1S/C12H6N4/c1-14-10-3-5-16-12(7-10)11-6-9(8-13)2-4-15-11/h2-7H. The highest BCUT2D eigenvalue weighted by Gasteiger charge is 2.02. The van der Waals surface area contributed by atoms with Gasteiger partial charge in [0.2, 0.25) is 0 Å². The average molecular weight is 206 g/mol. The highest BCUT2D eigenvalue weighted by atomic mass is 14.8. The van der Waals surface area contributed by atoms with Gasteiger partial charge in [0.25, 0.3) is 0 Å². The molecule has 0 spiro atoms. The van der Waals surface area contributed by atoms with Crippen molar-refractivity contribution < 1.29 is 0 Å². The van der Waals surface area contributed by atoms with Crippen molar-refractivity contribution in [1.82, 2.24) is 9.97 Å². The topological polar surface area (TPSA) is 53.9 Å². The summed E-state index contributed by atoms with van der Waals surface area (Å²) in [5.41, 5.74) is 2.24. The van der Waals surface area contributed by atoms with Crippen molar-refractivity contribution in [2.24, 2.45) is 0 Å². The second-order valence-electron chi connectivity index (χ2n) is 3.05. The van der Waals surface area contributed by atoms with Gasteiger partial charge in [0, 0.05) is 12.4 Å². The van der Waals surface area contributed by atoms with Gasteiger partial charge in [-0.05, 0) is 24.3 Å². The second kappa shape index (κ2) is 4.20. The van der Waals surface area contributed by atoms with Gasteiger partial charge in [-0.15, -0.1) is 0 Å². The number of hydrogen-bond donors (Lipinski definition) is 0. The van der Waals surface area contributed by atoms with E-state index >= 15 is 0 Å². The Kier molecular flexibility index (Phi) is 2.58. The molecule has 0 saturated carbocycles. The third-order valence-electron chi connectivity index (χ3n) is 2.02. The van der Waals surface area contributed by atoms with E-state index in [9.17, 15) is 0 Å². The molecule has 2 aromatic rings. The molecule has 0 bridgehead atoms. The maximum Gasteiger partial charge on any atom is 0.190 e. The average Bonchev–Trinajstić information content (AvgIpc) is 2.39. The Balaban J connectivity index is 2.51. The zero-order chi connectivity index (χ0) is 11.4. The van der Waals surface area contributed by atoms with Crippen LogP contribution in [0.15, 0.2) is 36.7 Å². The summed E-state index contributed by atoms with van der Waals surface area (Å²) in [7, 11) is 0. The molecule has 0 fully saturated rings. The smallest absolute Gasteiger partial charge is 0.190 e. The Hall–Kier alpha value is -2.72. The zero-order valence-corrected chi connectivity index (χ0v) is 8.25. The van der Waals surface area contributed by atoms with Crippen molar-refractivity contribution in [3.8, 4) is 17.5 Å². The maximum absolute atomic E-state index is 8.76. The van der Waals surface area contributed by atoms with Crippen LogP contribution < -0.4 is 0 Å². The predicted molar refractivity (Wildman–Crippen MR) is 58.4 cm³/mol. The van der Waals surface area contributed by atoms with E-state index in [0.717, 1.165) is 0 Å². The van der Waals surface area contributed by atoms with Crippen molar-refractivity contribution in [1.29, 1.82) is 5.26 Å². The second-order valence-corrected chi connectivity index (χ2v) is 3.05. The first-order valence-electron chi connectivity index (χ1n) is 4.53. The van der Waals surface area contributed by atoms with E-state index in [1.807, 2.05) is 6.07 Å². The Morgan fingerprint density at radius 1 is 1.12 bits per heavy atom. The lowest BCUT2D eigenvalue weighted by molar-refractivity contribution is 1.24. The molecule has 0 amide bonds. The Bertz CT molecular complexity index is 549. The molecule has 0 aliphatic rings. The van der Waals surface area contributed by atoms with Crippen LogP contribution >= 0.6 is 0 Å². The normalized spacial score (nSPS) is 9.12. The molecule has 0 atom stereocenters. The van der Waals surface area contributed by atoms with E-state index in [2.05, 4.69) is 14.8 Å². The molecule has 74 valence electrons. The highest BCUT2D eigenvalue weighted by Crippen LogP contribution is 2.20. The molecule has 0 aliphatic heterocycles. The van der Waals surface area contributed by atoms with Gasteiger partial charge in [-0.1, -0.05) is 0 Å².